The smallest absolute Gasteiger partial charge is 0.323 e. The van der Waals surface area contributed by atoms with Crippen LogP contribution in [0.2, 0.25) is 0 Å². The first kappa shape index (κ1) is 18.8. The highest BCUT2D eigenvalue weighted by Gasteiger charge is 2.36. The van der Waals surface area contributed by atoms with Gasteiger partial charge in [0.1, 0.15) is 18.9 Å². The van der Waals surface area contributed by atoms with Crippen molar-refractivity contribution >= 4 is 45.9 Å². The summed E-state index contributed by atoms with van der Waals surface area (Å²) in [5, 5.41) is 9.11. The van der Waals surface area contributed by atoms with Crippen LogP contribution < -0.4 is 4.74 Å². The van der Waals surface area contributed by atoms with E-state index >= 15 is 0 Å². The van der Waals surface area contributed by atoms with Gasteiger partial charge in [0.05, 0.1) is 4.91 Å². The zero-order valence-electron chi connectivity index (χ0n) is 15.1. The number of carbonyl (C=O) groups excluding carboxylic acids is 2. The minimum atomic E-state index is -1.24. The summed E-state index contributed by atoms with van der Waals surface area (Å²) in [5.74, 6) is -1.16. The monoisotopic (exact) mass is 408 g/mol. The van der Waals surface area contributed by atoms with Gasteiger partial charge in [0.25, 0.3) is 11.1 Å². The van der Waals surface area contributed by atoms with Crippen molar-refractivity contribution in [1.29, 1.82) is 0 Å². The van der Waals surface area contributed by atoms with Crippen molar-refractivity contribution < 1.29 is 24.2 Å². The molecule has 1 fully saturated rings. The van der Waals surface area contributed by atoms with E-state index in [2.05, 4.69) is 4.98 Å². The fourth-order valence-corrected chi connectivity index (χ4v) is 3.81. The number of hydrogen-bond donors (Lipinski definition) is 2. The van der Waals surface area contributed by atoms with Crippen LogP contribution in [0.4, 0.5) is 4.79 Å². The van der Waals surface area contributed by atoms with E-state index in [9.17, 15) is 14.4 Å². The minimum absolute atomic E-state index is 0.188. The number of rotatable bonds is 6. The second-order valence-corrected chi connectivity index (χ2v) is 7.38. The molecule has 0 aliphatic carbocycles. The summed E-state index contributed by atoms with van der Waals surface area (Å²) in [7, 11) is 0. The van der Waals surface area contributed by atoms with E-state index in [4.69, 9.17) is 9.84 Å². The average molecular weight is 408 g/mol. The van der Waals surface area contributed by atoms with Crippen molar-refractivity contribution in [2.24, 2.45) is 0 Å². The summed E-state index contributed by atoms with van der Waals surface area (Å²) < 4.78 is 5.86. The molecule has 146 valence electrons. The Balaban J connectivity index is 1.58. The Morgan fingerprint density at radius 2 is 1.97 bits per heavy atom. The second-order valence-electron chi connectivity index (χ2n) is 6.39. The zero-order chi connectivity index (χ0) is 20.4. The van der Waals surface area contributed by atoms with Crippen LogP contribution in [0.25, 0.3) is 17.0 Å². The Kier molecular flexibility index (Phi) is 5.09. The van der Waals surface area contributed by atoms with E-state index < -0.39 is 23.7 Å². The molecule has 1 aromatic heterocycles. The molecule has 2 N–H and O–H groups in total. The van der Waals surface area contributed by atoms with Crippen molar-refractivity contribution in [3.8, 4) is 5.75 Å². The van der Waals surface area contributed by atoms with Gasteiger partial charge in [0.15, 0.2) is 0 Å². The van der Waals surface area contributed by atoms with E-state index in [1.807, 2.05) is 48.5 Å². The van der Waals surface area contributed by atoms with Gasteiger partial charge in [0.2, 0.25) is 0 Å². The molecule has 0 radical (unpaired) electrons. The lowest BCUT2D eigenvalue weighted by atomic mass is 10.1. The molecule has 7 nitrogen and oxygen atoms in total. The third-order valence-corrected chi connectivity index (χ3v) is 5.29. The fraction of sp³-hybridized carbons (Fsp3) is 0.0952. The van der Waals surface area contributed by atoms with Gasteiger partial charge < -0.3 is 14.8 Å². The number of amides is 2. The standard InChI is InChI=1S/C21H16N2O5S/c24-19(25)11-23-20(26)18(29-21(23)27)8-14-10-22-17-7-6-15(9-16(14)17)28-12-13-4-2-1-3-5-13/h1-10,22H,11-12H2,(H,24,25). The summed E-state index contributed by atoms with van der Waals surface area (Å²) in [4.78, 5) is 39.2. The third-order valence-electron chi connectivity index (χ3n) is 4.39. The maximum Gasteiger partial charge on any atom is 0.323 e. The molecule has 0 spiro atoms. The first-order valence-corrected chi connectivity index (χ1v) is 9.58. The number of carboxylic acid groups (broad SMARTS) is 1. The van der Waals surface area contributed by atoms with Gasteiger partial charge in [-0.05, 0) is 41.6 Å². The summed E-state index contributed by atoms with van der Waals surface area (Å²) in [5.41, 5.74) is 2.62. The number of aromatic amines is 1. The summed E-state index contributed by atoms with van der Waals surface area (Å²) in [6.45, 7) is -0.215. The predicted octanol–water partition coefficient (Wildman–Crippen LogP) is 3.87. The van der Waals surface area contributed by atoms with Crippen LogP contribution in [-0.4, -0.2) is 38.7 Å². The molecular formula is C21H16N2O5S. The fourth-order valence-electron chi connectivity index (χ4n) is 2.98. The number of hydrogen-bond acceptors (Lipinski definition) is 5. The van der Waals surface area contributed by atoms with Crippen molar-refractivity contribution in [2.45, 2.75) is 6.61 Å². The lowest BCUT2D eigenvalue weighted by Crippen LogP contribution is -2.33. The number of aromatic nitrogens is 1. The van der Waals surface area contributed by atoms with Crippen molar-refractivity contribution in [1.82, 2.24) is 9.88 Å². The number of benzene rings is 2. The molecule has 0 saturated carbocycles. The first-order valence-electron chi connectivity index (χ1n) is 8.76. The van der Waals surface area contributed by atoms with Crippen LogP contribution in [0, 0.1) is 0 Å². The van der Waals surface area contributed by atoms with E-state index in [1.54, 1.807) is 12.3 Å². The van der Waals surface area contributed by atoms with Crippen molar-refractivity contribution in [3.63, 3.8) is 0 Å². The van der Waals surface area contributed by atoms with Gasteiger partial charge in [-0.25, -0.2) is 0 Å². The molecular weight excluding hydrogens is 392 g/mol. The molecule has 2 amide bonds. The van der Waals surface area contributed by atoms with Gasteiger partial charge in [-0.15, -0.1) is 0 Å². The number of imide groups is 1. The SMILES string of the molecule is O=C(O)CN1C(=O)SC(=Cc2c[nH]c3ccc(OCc4ccccc4)cc23)C1=O. The second kappa shape index (κ2) is 7.84. The lowest BCUT2D eigenvalue weighted by molar-refractivity contribution is -0.140. The normalized spacial score (nSPS) is 15.4. The molecule has 0 atom stereocenters. The molecule has 0 bridgehead atoms. The summed E-state index contributed by atoms with van der Waals surface area (Å²) in [6.07, 6.45) is 3.32. The Hall–Kier alpha value is -3.52. The van der Waals surface area contributed by atoms with Crippen LogP contribution in [-0.2, 0) is 16.2 Å². The molecule has 1 saturated heterocycles. The quantitative estimate of drug-likeness (QED) is 0.601. The number of thioether (sulfide) groups is 1. The third kappa shape index (κ3) is 4.02. The first-order chi connectivity index (χ1) is 14.0. The van der Waals surface area contributed by atoms with Gasteiger partial charge >= 0.3 is 5.97 Å². The molecule has 1 aliphatic heterocycles. The van der Waals surface area contributed by atoms with E-state index in [0.29, 0.717) is 17.9 Å². The van der Waals surface area contributed by atoms with Gasteiger partial charge in [-0.1, -0.05) is 30.3 Å². The maximum absolute atomic E-state index is 12.4. The van der Waals surface area contributed by atoms with E-state index in [-0.39, 0.29) is 4.91 Å². The highest BCUT2D eigenvalue weighted by Crippen LogP contribution is 2.34. The highest BCUT2D eigenvalue weighted by molar-refractivity contribution is 8.18. The number of carbonyl (C=O) groups is 3. The number of nitrogens with zero attached hydrogens (tertiary/aromatic N) is 1. The van der Waals surface area contributed by atoms with Crippen molar-refractivity contribution in [3.05, 3.63) is 70.8 Å². The van der Waals surface area contributed by atoms with Crippen LogP contribution in [0.3, 0.4) is 0 Å². The number of fused-ring (bicyclic) bond motifs is 1. The molecule has 1 aliphatic rings. The number of H-pyrrole nitrogens is 1. The Morgan fingerprint density at radius 1 is 1.17 bits per heavy atom. The van der Waals surface area contributed by atoms with Gasteiger partial charge in [-0.3, -0.25) is 19.3 Å². The van der Waals surface area contributed by atoms with Crippen molar-refractivity contribution in [2.75, 3.05) is 6.54 Å². The van der Waals surface area contributed by atoms with Crippen LogP contribution in [0.5, 0.6) is 5.75 Å². The molecule has 2 heterocycles. The van der Waals surface area contributed by atoms with E-state index in [0.717, 1.165) is 33.1 Å². The molecule has 0 unspecified atom stereocenters. The Labute approximate surface area is 170 Å². The maximum atomic E-state index is 12.4. The summed E-state index contributed by atoms with van der Waals surface area (Å²) >= 11 is 0.732. The molecule has 8 heteroatoms. The number of aliphatic carboxylic acids is 1. The Bertz CT molecular complexity index is 1140. The molecule has 2 aromatic carbocycles. The predicted molar refractivity (Wildman–Crippen MR) is 109 cm³/mol. The highest BCUT2D eigenvalue weighted by atomic mass is 32.2. The molecule has 3 aromatic rings. The molecule has 29 heavy (non-hydrogen) atoms. The van der Waals surface area contributed by atoms with Crippen LogP contribution >= 0.6 is 11.8 Å². The number of nitrogens with one attached hydrogen (secondary N) is 1. The largest absolute Gasteiger partial charge is 0.489 e. The van der Waals surface area contributed by atoms with Crippen LogP contribution in [0.1, 0.15) is 11.1 Å². The van der Waals surface area contributed by atoms with E-state index in [1.165, 1.54) is 0 Å². The number of carboxylic acids is 1. The molecule has 4 rings (SSSR count). The van der Waals surface area contributed by atoms with Gasteiger partial charge in [0, 0.05) is 22.7 Å². The zero-order valence-corrected chi connectivity index (χ0v) is 15.9. The topological polar surface area (TPSA) is 99.7 Å². The summed E-state index contributed by atoms with van der Waals surface area (Å²) in [6, 6.07) is 15.4. The van der Waals surface area contributed by atoms with Crippen LogP contribution in [0.15, 0.2) is 59.6 Å². The van der Waals surface area contributed by atoms with Gasteiger partial charge in [-0.2, -0.15) is 0 Å². The number of ether oxygens (including phenoxy) is 1. The lowest BCUT2D eigenvalue weighted by Gasteiger charge is -2.07. The average Bonchev–Trinajstić information content (AvgIpc) is 3.23. The minimum Gasteiger partial charge on any atom is -0.489 e. The Morgan fingerprint density at radius 3 is 2.72 bits per heavy atom.